The van der Waals surface area contributed by atoms with Crippen molar-refractivity contribution < 1.29 is 23.6 Å². The van der Waals surface area contributed by atoms with Gasteiger partial charge in [0.1, 0.15) is 11.8 Å². The second-order valence-corrected chi connectivity index (χ2v) is 7.90. The van der Waals surface area contributed by atoms with Crippen LogP contribution in [0.1, 0.15) is 21.7 Å². The maximum atomic E-state index is 12.6. The number of anilines is 1. The quantitative estimate of drug-likeness (QED) is 0.454. The molecule has 0 aliphatic rings. The molecule has 9 heteroatoms. The highest BCUT2D eigenvalue weighted by Crippen LogP contribution is 2.14. The highest BCUT2D eigenvalue weighted by atomic mass is 32.2. The van der Waals surface area contributed by atoms with Crippen molar-refractivity contribution in [3.8, 4) is 0 Å². The Kier molecular flexibility index (Phi) is 8.44. The SMILES string of the molecule is Cc1cc(NC(=O)COC(=O)[C@H](CSCc2ccccc2)NC(=O)c2ccccc2)no1. The maximum absolute atomic E-state index is 12.6. The molecule has 8 nitrogen and oxygen atoms in total. The van der Waals surface area contributed by atoms with Crippen molar-refractivity contribution in [2.45, 2.75) is 18.7 Å². The van der Waals surface area contributed by atoms with Crippen LogP contribution in [0.3, 0.4) is 0 Å². The molecule has 1 aromatic heterocycles. The molecule has 0 saturated carbocycles. The molecule has 166 valence electrons. The van der Waals surface area contributed by atoms with E-state index < -0.39 is 30.4 Å². The number of carbonyl (C=O) groups is 3. The fourth-order valence-electron chi connectivity index (χ4n) is 2.71. The molecule has 1 heterocycles. The highest BCUT2D eigenvalue weighted by molar-refractivity contribution is 7.98. The summed E-state index contributed by atoms with van der Waals surface area (Å²) in [5.74, 6) is 0.0783. The van der Waals surface area contributed by atoms with E-state index in [9.17, 15) is 14.4 Å². The van der Waals surface area contributed by atoms with Gasteiger partial charge >= 0.3 is 5.97 Å². The van der Waals surface area contributed by atoms with Gasteiger partial charge in [0.05, 0.1) is 0 Å². The lowest BCUT2D eigenvalue weighted by Crippen LogP contribution is -2.44. The first-order valence-electron chi connectivity index (χ1n) is 9.88. The molecule has 0 aliphatic carbocycles. The van der Waals surface area contributed by atoms with Crippen LogP contribution in [0.4, 0.5) is 5.82 Å². The van der Waals surface area contributed by atoms with Gasteiger partial charge < -0.3 is 19.9 Å². The van der Waals surface area contributed by atoms with E-state index >= 15 is 0 Å². The number of nitrogens with one attached hydrogen (secondary N) is 2. The Labute approximate surface area is 189 Å². The van der Waals surface area contributed by atoms with Crippen molar-refractivity contribution in [3.63, 3.8) is 0 Å². The van der Waals surface area contributed by atoms with E-state index in [1.807, 2.05) is 30.3 Å². The molecule has 32 heavy (non-hydrogen) atoms. The number of rotatable bonds is 10. The van der Waals surface area contributed by atoms with Gasteiger partial charge in [-0.25, -0.2) is 4.79 Å². The van der Waals surface area contributed by atoms with E-state index in [1.165, 1.54) is 11.8 Å². The van der Waals surface area contributed by atoms with Crippen molar-refractivity contribution in [2.75, 3.05) is 17.7 Å². The molecule has 2 N–H and O–H groups in total. The maximum Gasteiger partial charge on any atom is 0.330 e. The van der Waals surface area contributed by atoms with Crippen LogP contribution < -0.4 is 10.6 Å². The molecule has 0 aliphatic heterocycles. The minimum Gasteiger partial charge on any atom is -0.454 e. The Morgan fingerprint density at radius 3 is 2.41 bits per heavy atom. The summed E-state index contributed by atoms with van der Waals surface area (Å²) < 4.78 is 10.0. The summed E-state index contributed by atoms with van der Waals surface area (Å²) in [6.45, 7) is 1.18. The minimum absolute atomic E-state index is 0.232. The minimum atomic E-state index is -0.918. The Bertz CT molecular complexity index is 1040. The lowest BCUT2D eigenvalue weighted by Gasteiger charge is -2.17. The van der Waals surface area contributed by atoms with Gasteiger partial charge in [-0.1, -0.05) is 53.7 Å². The summed E-state index contributed by atoms with van der Waals surface area (Å²) in [7, 11) is 0. The van der Waals surface area contributed by atoms with Crippen LogP contribution in [0, 0.1) is 6.92 Å². The number of aryl methyl sites for hydroxylation is 1. The third-order valence-corrected chi connectivity index (χ3v) is 5.37. The topological polar surface area (TPSA) is 111 Å². The fraction of sp³-hybridized carbons (Fsp3) is 0.217. The molecule has 0 radical (unpaired) electrons. The summed E-state index contributed by atoms with van der Waals surface area (Å²) in [5, 5.41) is 8.83. The Hall–Kier alpha value is -3.59. The van der Waals surface area contributed by atoms with E-state index in [0.717, 1.165) is 5.56 Å². The van der Waals surface area contributed by atoms with E-state index in [0.29, 0.717) is 17.1 Å². The summed E-state index contributed by atoms with van der Waals surface area (Å²) in [6, 6.07) is 19.0. The second-order valence-electron chi connectivity index (χ2n) is 6.87. The number of amides is 2. The van der Waals surface area contributed by atoms with Gasteiger partial charge in [-0.05, 0) is 24.6 Å². The molecular formula is C23H23N3O5S. The van der Waals surface area contributed by atoms with Gasteiger partial charge in [0, 0.05) is 23.1 Å². The Morgan fingerprint density at radius 2 is 1.75 bits per heavy atom. The lowest BCUT2D eigenvalue weighted by atomic mass is 10.2. The normalized spacial score (nSPS) is 11.4. The van der Waals surface area contributed by atoms with Crippen LogP contribution in [0.15, 0.2) is 71.3 Å². The van der Waals surface area contributed by atoms with E-state index in [-0.39, 0.29) is 11.6 Å². The van der Waals surface area contributed by atoms with Gasteiger partial charge in [0.2, 0.25) is 0 Å². The largest absolute Gasteiger partial charge is 0.454 e. The van der Waals surface area contributed by atoms with E-state index in [2.05, 4.69) is 15.8 Å². The zero-order valence-electron chi connectivity index (χ0n) is 17.4. The number of aromatic nitrogens is 1. The van der Waals surface area contributed by atoms with Gasteiger partial charge in [0.25, 0.3) is 11.8 Å². The average Bonchev–Trinajstić information content (AvgIpc) is 3.22. The fourth-order valence-corrected chi connectivity index (χ4v) is 3.71. The first-order valence-corrected chi connectivity index (χ1v) is 11.0. The summed E-state index contributed by atoms with van der Waals surface area (Å²) >= 11 is 1.48. The molecular weight excluding hydrogens is 430 g/mol. The van der Waals surface area contributed by atoms with Crippen molar-refractivity contribution in [1.29, 1.82) is 0 Å². The zero-order chi connectivity index (χ0) is 22.8. The van der Waals surface area contributed by atoms with Crippen molar-refractivity contribution in [2.24, 2.45) is 0 Å². The number of nitrogens with zero attached hydrogens (tertiary/aromatic N) is 1. The number of hydrogen-bond acceptors (Lipinski definition) is 7. The van der Waals surface area contributed by atoms with Gasteiger partial charge in [-0.15, -0.1) is 0 Å². The third-order valence-electron chi connectivity index (χ3n) is 4.26. The lowest BCUT2D eigenvalue weighted by molar-refractivity contribution is -0.148. The first kappa shape index (κ1) is 23.1. The van der Waals surface area contributed by atoms with E-state index in [1.54, 1.807) is 43.3 Å². The molecule has 0 fully saturated rings. The molecule has 3 rings (SSSR count). The molecule has 2 aromatic carbocycles. The number of benzene rings is 2. The third kappa shape index (κ3) is 7.28. The van der Waals surface area contributed by atoms with E-state index in [4.69, 9.17) is 9.26 Å². The van der Waals surface area contributed by atoms with Crippen molar-refractivity contribution >= 4 is 35.4 Å². The summed E-state index contributed by atoms with van der Waals surface area (Å²) in [5.41, 5.74) is 1.53. The van der Waals surface area contributed by atoms with Crippen LogP contribution in [0.25, 0.3) is 0 Å². The van der Waals surface area contributed by atoms with Crippen molar-refractivity contribution in [3.05, 3.63) is 83.6 Å². The molecule has 0 spiro atoms. The smallest absolute Gasteiger partial charge is 0.330 e. The predicted octanol–water partition coefficient (Wildman–Crippen LogP) is 3.20. The molecule has 0 bridgehead atoms. The Morgan fingerprint density at radius 1 is 1.06 bits per heavy atom. The molecule has 0 saturated heterocycles. The summed E-state index contributed by atoms with van der Waals surface area (Å²) in [6.07, 6.45) is 0. The zero-order valence-corrected chi connectivity index (χ0v) is 18.3. The van der Waals surface area contributed by atoms with Gasteiger partial charge in [0.15, 0.2) is 12.4 Å². The van der Waals surface area contributed by atoms with Crippen molar-refractivity contribution in [1.82, 2.24) is 10.5 Å². The molecule has 2 amide bonds. The van der Waals surface area contributed by atoms with Gasteiger partial charge in [-0.2, -0.15) is 11.8 Å². The van der Waals surface area contributed by atoms with Gasteiger partial charge in [-0.3, -0.25) is 9.59 Å². The highest BCUT2D eigenvalue weighted by Gasteiger charge is 2.24. The second kappa shape index (κ2) is 11.7. The molecule has 3 aromatic rings. The summed E-state index contributed by atoms with van der Waals surface area (Å²) in [4.78, 5) is 37.2. The molecule has 1 atom stereocenters. The van der Waals surface area contributed by atoms with Crippen LogP contribution in [-0.4, -0.2) is 41.3 Å². The van der Waals surface area contributed by atoms with Crippen LogP contribution >= 0.6 is 11.8 Å². The number of carbonyl (C=O) groups excluding carboxylic acids is 3. The number of thioether (sulfide) groups is 1. The van der Waals surface area contributed by atoms with Crippen LogP contribution in [0.2, 0.25) is 0 Å². The standard InChI is InChI=1S/C23H23N3O5S/c1-16-12-20(26-31-16)25-21(27)13-30-23(29)19(15-32-14-17-8-4-2-5-9-17)24-22(28)18-10-6-3-7-11-18/h2-12,19H,13-15H2,1H3,(H,24,28)(H,25,26,27)/t19-/m0/s1. The van der Waals surface area contributed by atoms with Crippen LogP contribution in [-0.2, 0) is 20.1 Å². The first-order chi connectivity index (χ1) is 15.5. The number of esters is 1. The Balaban J connectivity index is 1.57. The average molecular weight is 454 g/mol. The molecule has 0 unspecified atom stereocenters. The van der Waals surface area contributed by atoms with Crippen LogP contribution in [0.5, 0.6) is 0 Å². The predicted molar refractivity (Wildman–Crippen MR) is 121 cm³/mol. The number of hydrogen-bond donors (Lipinski definition) is 2. The number of ether oxygens (including phenoxy) is 1. The monoisotopic (exact) mass is 453 g/mol.